The molecule has 0 amide bonds. The molecule has 0 atom stereocenters. The summed E-state index contributed by atoms with van der Waals surface area (Å²) in [6.07, 6.45) is 6.95. The lowest BCUT2D eigenvalue weighted by molar-refractivity contribution is 0.612. The summed E-state index contributed by atoms with van der Waals surface area (Å²) in [5.74, 6) is 0. The number of hydrogen-bond donors (Lipinski definition) is 0. The van der Waals surface area contributed by atoms with Crippen LogP contribution >= 0.6 is 0 Å². The molecular formula is C53H42N2. The molecule has 10 rings (SSSR count). The maximum Gasteiger partial charge on any atom is 0.0581 e. The van der Waals surface area contributed by atoms with Crippen molar-refractivity contribution in [3.8, 4) is 39.1 Å². The molecule has 8 aromatic rings. The summed E-state index contributed by atoms with van der Waals surface area (Å²) < 4.78 is 2.50. The van der Waals surface area contributed by atoms with Gasteiger partial charge in [-0.25, -0.2) is 0 Å². The number of benzene rings is 7. The van der Waals surface area contributed by atoms with Crippen molar-refractivity contribution in [3.05, 3.63) is 211 Å². The van der Waals surface area contributed by atoms with Gasteiger partial charge in [0.05, 0.1) is 11.2 Å². The molecule has 2 aliphatic carbocycles. The Kier molecular flexibility index (Phi) is 7.99. The van der Waals surface area contributed by atoms with Crippen LogP contribution in [0, 0.1) is 0 Å². The molecule has 2 heteroatoms. The standard InChI is InChI=1S/C53H42N2/c1-53(2)49-21-13-12-20-47(49)52-51(53)48-36-42(28-35-50(48)55(52)43-18-10-5-11-19-43)41-26-33-46(34-27-41)54(44-29-22-39(23-30-44)37-14-6-3-7-15-37)45-31-24-40(25-32-45)38-16-8-4-9-17-38/h3-12,14-20,22-36H,13,21H2,1-2H3. The van der Waals surface area contributed by atoms with E-state index >= 15 is 0 Å². The molecule has 0 fully saturated rings. The van der Waals surface area contributed by atoms with Crippen LogP contribution in [0.25, 0.3) is 55.5 Å². The van der Waals surface area contributed by atoms with E-state index in [1.807, 2.05) is 0 Å². The van der Waals surface area contributed by atoms with Crippen LogP contribution in [0.4, 0.5) is 17.1 Å². The quantitative estimate of drug-likeness (QED) is 0.160. The number of hydrogen-bond acceptors (Lipinski definition) is 1. The first-order valence-electron chi connectivity index (χ1n) is 19.4. The average Bonchev–Trinajstić information content (AvgIpc) is 3.72. The smallest absolute Gasteiger partial charge is 0.0581 e. The van der Waals surface area contributed by atoms with Crippen LogP contribution in [0.3, 0.4) is 0 Å². The third-order valence-corrected chi connectivity index (χ3v) is 11.7. The first-order chi connectivity index (χ1) is 27.0. The van der Waals surface area contributed by atoms with E-state index in [9.17, 15) is 0 Å². The molecule has 7 aromatic carbocycles. The number of nitrogens with zero attached hydrogens (tertiary/aromatic N) is 2. The molecule has 0 spiro atoms. The maximum atomic E-state index is 2.50. The molecule has 2 aliphatic rings. The summed E-state index contributed by atoms with van der Waals surface area (Å²) in [6, 6.07) is 66.1. The molecule has 1 aromatic heterocycles. The Hall–Kier alpha value is -6.64. The molecule has 0 radical (unpaired) electrons. The molecule has 264 valence electrons. The second-order valence-corrected chi connectivity index (χ2v) is 15.3. The minimum atomic E-state index is -0.0389. The van der Waals surface area contributed by atoms with Gasteiger partial charge < -0.3 is 9.47 Å². The van der Waals surface area contributed by atoms with Crippen LogP contribution in [-0.4, -0.2) is 4.57 Å². The molecule has 0 unspecified atom stereocenters. The lowest BCUT2D eigenvalue weighted by Crippen LogP contribution is -2.17. The van der Waals surface area contributed by atoms with E-state index in [1.54, 1.807) is 5.57 Å². The number of para-hydroxylation sites is 1. The van der Waals surface area contributed by atoms with Crippen LogP contribution in [-0.2, 0) is 5.41 Å². The lowest BCUT2D eigenvalue weighted by atomic mass is 9.77. The highest BCUT2D eigenvalue weighted by molar-refractivity contribution is 6.01. The SMILES string of the molecule is CC1(C)C2=C(C=CCC2)c2c1c1cc(-c3ccc(N(c4ccc(-c5ccccc5)cc4)c4ccc(-c5ccccc5)cc4)cc3)ccc1n2-c1ccccc1. The van der Waals surface area contributed by atoms with Crippen molar-refractivity contribution in [1.29, 1.82) is 0 Å². The predicted octanol–water partition coefficient (Wildman–Crippen LogP) is 14.5. The van der Waals surface area contributed by atoms with Crippen molar-refractivity contribution in [2.24, 2.45) is 0 Å². The number of allylic oxidation sites excluding steroid dienone is 4. The van der Waals surface area contributed by atoms with Gasteiger partial charge in [-0.15, -0.1) is 0 Å². The van der Waals surface area contributed by atoms with Gasteiger partial charge in [0.1, 0.15) is 0 Å². The largest absolute Gasteiger partial charge is 0.311 e. The first-order valence-corrected chi connectivity index (χ1v) is 19.4. The van der Waals surface area contributed by atoms with E-state index in [0.29, 0.717) is 0 Å². The number of aromatic nitrogens is 1. The molecule has 55 heavy (non-hydrogen) atoms. The Bertz CT molecular complexity index is 2630. The lowest BCUT2D eigenvalue weighted by Gasteiger charge is -2.26. The fraction of sp³-hybridized carbons (Fsp3) is 0.0943. The molecule has 0 aliphatic heterocycles. The van der Waals surface area contributed by atoms with Gasteiger partial charge in [0, 0.05) is 33.6 Å². The highest BCUT2D eigenvalue weighted by Crippen LogP contribution is 2.54. The van der Waals surface area contributed by atoms with Crippen molar-refractivity contribution in [3.63, 3.8) is 0 Å². The third-order valence-electron chi connectivity index (χ3n) is 11.7. The zero-order valence-electron chi connectivity index (χ0n) is 31.3. The highest BCUT2D eigenvalue weighted by Gasteiger charge is 2.42. The summed E-state index contributed by atoms with van der Waals surface area (Å²) in [7, 11) is 0. The molecule has 0 saturated carbocycles. The first kappa shape index (κ1) is 33.0. The zero-order valence-corrected chi connectivity index (χ0v) is 31.3. The number of rotatable bonds is 7. The van der Waals surface area contributed by atoms with Gasteiger partial charge in [0.15, 0.2) is 0 Å². The minimum absolute atomic E-state index is 0.0389. The molecule has 1 heterocycles. The average molecular weight is 707 g/mol. The van der Waals surface area contributed by atoms with Crippen molar-refractivity contribution < 1.29 is 0 Å². The fourth-order valence-corrected chi connectivity index (χ4v) is 9.01. The van der Waals surface area contributed by atoms with Crippen LogP contribution in [0.15, 0.2) is 200 Å². The van der Waals surface area contributed by atoms with Gasteiger partial charge in [-0.2, -0.15) is 0 Å². The maximum absolute atomic E-state index is 2.50. The second-order valence-electron chi connectivity index (χ2n) is 15.3. The normalized spacial score (nSPS) is 14.2. The van der Waals surface area contributed by atoms with Crippen LogP contribution in [0.5, 0.6) is 0 Å². The van der Waals surface area contributed by atoms with Crippen LogP contribution in [0.2, 0.25) is 0 Å². The Morgan fingerprint density at radius 2 is 0.945 bits per heavy atom. The summed E-state index contributed by atoms with van der Waals surface area (Å²) in [5, 5.41) is 1.34. The van der Waals surface area contributed by atoms with E-state index in [4.69, 9.17) is 0 Å². The van der Waals surface area contributed by atoms with E-state index in [0.717, 1.165) is 29.9 Å². The molecule has 2 nitrogen and oxygen atoms in total. The Labute approximate surface area is 324 Å². The van der Waals surface area contributed by atoms with E-state index in [2.05, 4.69) is 217 Å². The molecule has 0 N–H and O–H groups in total. The van der Waals surface area contributed by atoms with E-state index < -0.39 is 0 Å². The molecular weight excluding hydrogens is 665 g/mol. The van der Waals surface area contributed by atoms with Gasteiger partial charge in [0.2, 0.25) is 0 Å². The summed E-state index contributed by atoms with van der Waals surface area (Å²) in [6.45, 7) is 4.86. The van der Waals surface area contributed by atoms with Crippen LogP contribution < -0.4 is 4.90 Å². The number of fused-ring (bicyclic) bond motifs is 4. The second kappa shape index (κ2) is 13.3. The summed E-state index contributed by atoms with van der Waals surface area (Å²) in [5.41, 5.74) is 18.9. The van der Waals surface area contributed by atoms with Gasteiger partial charge in [-0.1, -0.05) is 153 Å². The summed E-state index contributed by atoms with van der Waals surface area (Å²) in [4.78, 5) is 2.36. The van der Waals surface area contributed by atoms with Gasteiger partial charge in [-0.3, -0.25) is 0 Å². The van der Waals surface area contributed by atoms with Gasteiger partial charge >= 0.3 is 0 Å². The minimum Gasteiger partial charge on any atom is -0.311 e. The number of anilines is 3. The van der Waals surface area contributed by atoms with Crippen molar-refractivity contribution in [1.82, 2.24) is 4.57 Å². The van der Waals surface area contributed by atoms with Crippen molar-refractivity contribution in [2.75, 3.05) is 4.90 Å². The molecule has 0 bridgehead atoms. The Morgan fingerprint density at radius 3 is 1.47 bits per heavy atom. The monoisotopic (exact) mass is 706 g/mol. The predicted molar refractivity (Wildman–Crippen MR) is 233 cm³/mol. The third kappa shape index (κ3) is 5.65. The molecule has 0 saturated heterocycles. The fourth-order valence-electron chi connectivity index (χ4n) is 9.01. The highest BCUT2D eigenvalue weighted by atomic mass is 15.1. The van der Waals surface area contributed by atoms with Crippen LogP contribution in [0.1, 0.15) is 37.9 Å². The Balaban J connectivity index is 1.05. The summed E-state index contributed by atoms with van der Waals surface area (Å²) >= 11 is 0. The van der Waals surface area contributed by atoms with Crippen molar-refractivity contribution >= 4 is 33.5 Å². The van der Waals surface area contributed by atoms with Gasteiger partial charge in [-0.05, 0) is 118 Å². The Morgan fingerprint density at radius 1 is 0.491 bits per heavy atom. The topological polar surface area (TPSA) is 8.17 Å². The van der Waals surface area contributed by atoms with Crippen molar-refractivity contribution in [2.45, 2.75) is 32.1 Å². The van der Waals surface area contributed by atoms with E-state index in [1.165, 1.54) is 66.8 Å². The van der Waals surface area contributed by atoms with Gasteiger partial charge in [0.25, 0.3) is 0 Å². The van der Waals surface area contributed by atoms with E-state index in [-0.39, 0.29) is 5.41 Å². The zero-order chi connectivity index (χ0) is 36.9.